The van der Waals surface area contributed by atoms with Crippen LogP contribution in [0.3, 0.4) is 0 Å². The van der Waals surface area contributed by atoms with Crippen LogP contribution in [0.25, 0.3) is 0 Å². The van der Waals surface area contributed by atoms with Crippen LogP contribution in [-0.2, 0) is 4.74 Å². The summed E-state index contributed by atoms with van der Waals surface area (Å²) in [5.74, 6) is 0.649. The number of carbonyl (C=O) groups is 1. The molecule has 128 valence electrons. The lowest BCUT2D eigenvalue weighted by atomic mass is 9.81. The van der Waals surface area contributed by atoms with Gasteiger partial charge in [0.1, 0.15) is 5.60 Å². The molecule has 0 aromatic heterocycles. The van der Waals surface area contributed by atoms with Gasteiger partial charge < -0.3 is 15.4 Å². The number of halogens is 1. The summed E-state index contributed by atoms with van der Waals surface area (Å²) in [6.45, 7) is 7.77. The van der Waals surface area contributed by atoms with E-state index in [1.54, 1.807) is 0 Å². The van der Waals surface area contributed by atoms with Gasteiger partial charge in [-0.3, -0.25) is 0 Å². The molecule has 1 aliphatic heterocycles. The van der Waals surface area contributed by atoms with Crippen LogP contribution >= 0.6 is 15.9 Å². The molecule has 2 unspecified atom stereocenters. The molecule has 1 aromatic carbocycles. The van der Waals surface area contributed by atoms with Crippen molar-refractivity contribution in [3.63, 3.8) is 0 Å². The first-order chi connectivity index (χ1) is 10.8. The number of amides is 1. The Morgan fingerprint density at radius 2 is 2.04 bits per heavy atom. The molecule has 4 nitrogen and oxygen atoms in total. The third-order valence-electron chi connectivity index (χ3n) is 4.23. The molecule has 0 radical (unpaired) electrons. The van der Waals surface area contributed by atoms with E-state index in [0.29, 0.717) is 19.0 Å². The zero-order chi connectivity index (χ0) is 17.0. The number of nitrogens with zero attached hydrogens (tertiary/aromatic N) is 1. The lowest BCUT2D eigenvalue weighted by Crippen LogP contribution is -2.44. The molecule has 0 aliphatic carbocycles. The van der Waals surface area contributed by atoms with Crippen LogP contribution < -0.4 is 5.73 Å². The number of rotatable bonds is 3. The molecule has 0 bridgehead atoms. The van der Waals surface area contributed by atoms with Crippen molar-refractivity contribution in [2.24, 2.45) is 11.7 Å². The Kier molecular flexibility index (Phi) is 6.09. The fourth-order valence-corrected chi connectivity index (χ4v) is 3.41. The minimum absolute atomic E-state index is 0.214. The average Bonchev–Trinajstić information content (AvgIpc) is 2.48. The van der Waals surface area contributed by atoms with E-state index in [4.69, 9.17) is 10.5 Å². The minimum Gasteiger partial charge on any atom is -0.444 e. The van der Waals surface area contributed by atoms with Gasteiger partial charge in [0.15, 0.2) is 0 Å². The van der Waals surface area contributed by atoms with E-state index in [9.17, 15) is 4.79 Å². The highest BCUT2D eigenvalue weighted by atomic mass is 79.9. The number of nitrogens with two attached hydrogens (primary N) is 1. The van der Waals surface area contributed by atoms with Crippen LogP contribution in [0.4, 0.5) is 4.79 Å². The summed E-state index contributed by atoms with van der Waals surface area (Å²) in [4.78, 5) is 14.2. The lowest BCUT2D eigenvalue weighted by molar-refractivity contribution is 0.0152. The highest BCUT2D eigenvalue weighted by molar-refractivity contribution is 9.10. The van der Waals surface area contributed by atoms with E-state index in [2.05, 4.69) is 28.1 Å². The van der Waals surface area contributed by atoms with Gasteiger partial charge in [0.05, 0.1) is 0 Å². The van der Waals surface area contributed by atoms with Crippen molar-refractivity contribution in [1.29, 1.82) is 0 Å². The Hall–Kier alpha value is -1.07. The molecule has 0 spiro atoms. The van der Waals surface area contributed by atoms with Crippen LogP contribution in [-0.4, -0.2) is 36.2 Å². The molecule has 1 amide bonds. The highest BCUT2D eigenvalue weighted by Crippen LogP contribution is 2.32. The molecule has 23 heavy (non-hydrogen) atoms. The zero-order valence-corrected chi connectivity index (χ0v) is 15.8. The quantitative estimate of drug-likeness (QED) is 0.854. The summed E-state index contributed by atoms with van der Waals surface area (Å²) in [5.41, 5.74) is 6.84. The number of piperidine rings is 1. The molecule has 2 N–H and O–H groups in total. The largest absolute Gasteiger partial charge is 0.444 e. The Morgan fingerprint density at radius 1 is 1.39 bits per heavy atom. The van der Waals surface area contributed by atoms with Crippen LogP contribution in [0, 0.1) is 5.92 Å². The maximum absolute atomic E-state index is 12.3. The predicted octanol–water partition coefficient (Wildman–Crippen LogP) is 4.14. The summed E-state index contributed by atoms with van der Waals surface area (Å²) in [6.07, 6.45) is 1.88. The lowest BCUT2D eigenvalue weighted by Gasteiger charge is -2.37. The van der Waals surface area contributed by atoms with Gasteiger partial charge in [-0.05, 0) is 63.8 Å². The zero-order valence-electron chi connectivity index (χ0n) is 14.2. The van der Waals surface area contributed by atoms with Crippen molar-refractivity contribution in [2.75, 3.05) is 19.6 Å². The van der Waals surface area contributed by atoms with E-state index in [-0.39, 0.29) is 12.0 Å². The first-order valence-electron chi connectivity index (χ1n) is 8.23. The van der Waals surface area contributed by atoms with Crippen molar-refractivity contribution >= 4 is 22.0 Å². The number of hydrogen-bond acceptors (Lipinski definition) is 3. The number of benzene rings is 1. The summed E-state index contributed by atoms with van der Waals surface area (Å²) in [7, 11) is 0. The monoisotopic (exact) mass is 382 g/mol. The van der Waals surface area contributed by atoms with Gasteiger partial charge in [-0.1, -0.05) is 28.1 Å². The Morgan fingerprint density at radius 3 is 2.61 bits per heavy atom. The Labute approximate surface area is 147 Å². The van der Waals surface area contributed by atoms with Crippen LogP contribution in [0.5, 0.6) is 0 Å². The minimum atomic E-state index is -0.455. The van der Waals surface area contributed by atoms with E-state index >= 15 is 0 Å². The van der Waals surface area contributed by atoms with E-state index in [0.717, 1.165) is 23.9 Å². The van der Waals surface area contributed by atoms with Gasteiger partial charge in [-0.2, -0.15) is 0 Å². The smallest absolute Gasteiger partial charge is 0.410 e. The second-order valence-electron chi connectivity index (χ2n) is 7.22. The van der Waals surface area contributed by atoms with Gasteiger partial charge >= 0.3 is 6.09 Å². The van der Waals surface area contributed by atoms with E-state index in [1.165, 1.54) is 5.56 Å². The normalized spacial score (nSPS) is 20.2. The summed E-state index contributed by atoms with van der Waals surface area (Å²) in [5, 5.41) is 0. The van der Waals surface area contributed by atoms with Crippen molar-refractivity contribution in [3.05, 3.63) is 34.3 Å². The molecule has 0 saturated carbocycles. The summed E-state index contributed by atoms with van der Waals surface area (Å²) >= 11 is 3.47. The number of hydrogen-bond donors (Lipinski definition) is 1. The Balaban J connectivity index is 2.06. The first-order valence-corrected chi connectivity index (χ1v) is 9.03. The molecular weight excluding hydrogens is 356 g/mol. The maximum Gasteiger partial charge on any atom is 0.410 e. The van der Waals surface area contributed by atoms with Gasteiger partial charge in [0, 0.05) is 23.5 Å². The topological polar surface area (TPSA) is 55.6 Å². The molecular formula is C18H27BrN2O2. The maximum atomic E-state index is 12.3. The van der Waals surface area contributed by atoms with Crippen LogP contribution in [0.15, 0.2) is 28.7 Å². The molecule has 2 atom stereocenters. The molecule has 1 saturated heterocycles. The fourth-order valence-electron chi connectivity index (χ4n) is 3.14. The van der Waals surface area contributed by atoms with Crippen molar-refractivity contribution in [1.82, 2.24) is 4.90 Å². The van der Waals surface area contributed by atoms with Crippen LogP contribution in [0.2, 0.25) is 0 Å². The van der Waals surface area contributed by atoms with E-state index < -0.39 is 5.60 Å². The second kappa shape index (κ2) is 7.67. The summed E-state index contributed by atoms with van der Waals surface area (Å²) in [6, 6.07) is 8.33. The van der Waals surface area contributed by atoms with Crippen molar-refractivity contribution < 1.29 is 9.53 Å². The second-order valence-corrected chi connectivity index (χ2v) is 8.14. The van der Waals surface area contributed by atoms with Crippen LogP contribution in [0.1, 0.15) is 45.1 Å². The predicted molar refractivity (Wildman–Crippen MR) is 96.5 cm³/mol. The number of ether oxygens (including phenoxy) is 1. The van der Waals surface area contributed by atoms with Gasteiger partial charge in [0.25, 0.3) is 0 Å². The molecule has 1 aromatic rings. The SMILES string of the molecule is CC(C)(C)OC(=O)N1CCCC(C(CN)c2ccc(Br)cc2)C1. The van der Waals surface area contributed by atoms with Crippen molar-refractivity contribution in [2.45, 2.75) is 45.1 Å². The fraction of sp³-hybridized carbons (Fsp3) is 0.611. The number of likely N-dealkylation sites (tertiary alicyclic amines) is 1. The van der Waals surface area contributed by atoms with Crippen molar-refractivity contribution in [3.8, 4) is 0 Å². The number of carbonyl (C=O) groups excluding carboxylic acids is 1. The standard InChI is InChI=1S/C18H27BrN2O2/c1-18(2,3)23-17(22)21-10-4-5-14(12-21)16(11-20)13-6-8-15(19)9-7-13/h6-9,14,16H,4-5,10-12,20H2,1-3H3. The Bertz CT molecular complexity index is 525. The molecule has 1 aliphatic rings. The first kappa shape index (κ1) is 18.3. The summed E-state index contributed by atoms with van der Waals surface area (Å²) < 4.78 is 6.58. The molecule has 1 heterocycles. The van der Waals surface area contributed by atoms with Gasteiger partial charge in [0.2, 0.25) is 0 Å². The third-order valence-corrected chi connectivity index (χ3v) is 4.76. The van der Waals surface area contributed by atoms with Gasteiger partial charge in [-0.15, -0.1) is 0 Å². The highest BCUT2D eigenvalue weighted by Gasteiger charge is 2.31. The third kappa shape index (κ3) is 5.21. The van der Waals surface area contributed by atoms with Gasteiger partial charge in [-0.25, -0.2) is 4.79 Å². The molecule has 2 rings (SSSR count). The molecule has 1 fully saturated rings. The average molecular weight is 383 g/mol. The van der Waals surface area contributed by atoms with E-state index in [1.807, 2.05) is 37.8 Å². The molecule has 5 heteroatoms.